The normalized spacial score (nSPS) is 14.8. The third kappa shape index (κ3) is 4.53. The molecule has 0 bridgehead atoms. The van der Waals surface area contributed by atoms with Gasteiger partial charge in [0, 0.05) is 0 Å². The van der Waals surface area contributed by atoms with Crippen molar-refractivity contribution in [1.29, 1.82) is 0 Å². The molecule has 80 valence electrons. The van der Waals surface area contributed by atoms with E-state index in [1.165, 1.54) is 0 Å². The van der Waals surface area contributed by atoms with Crippen LogP contribution in [0.3, 0.4) is 0 Å². The van der Waals surface area contributed by atoms with Crippen LogP contribution in [0.4, 0.5) is 35.1 Å². The summed E-state index contributed by atoms with van der Waals surface area (Å²) in [6, 6.07) is 0. The lowest BCUT2D eigenvalue weighted by Gasteiger charge is -2.19. The first-order valence-corrected chi connectivity index (χ1v) is 3.59. The Labute approximate surface area is 71.3 Å². The van der Waals surface area contributed by atoms with Crippen molar-refractivity contribution in [3.8, 4) is 0 Å². The first-order valence-electron chi connectivity index (χ1n) is 2.61. The van der Waals surface area contributed by atoms with Gasteiger partial charge in [0.15, 0.2) is 0 Å². The Kier molecular flexibility index (Phi) is 3.45. The van der Waals surface area contributed by atoms with Crippen molar-refractivity contribution in [3.05, 3.63) is 0 Å². The highest BCUT2D eigenvalue weighted by Crippen LogP contribution is 2.45. The lowest BCUT2D eigenvalue weighted by molar-refractivity contribution is -0.238. The smallest absolute Gasteiger partial charge is 0.184 e. The molecule has 0 aromatic rings. The second-order valence-electron chi connectivity index (χ2n) is 1.92. The van der Waals surface area contributed by atoms with Gasteiger partial charge in [0.05, 0.1) is 5.75 Å². The summed E-state index contributed by atoms with van der Waals surface area (Å²) in [7, 11) is 0. The molecule has 0 heterocycles. The first kappa shape index (κ1) is 12.8. The van der Waals surface area contributed by atoms with E-state index < -0.39 is 35.1 Å². The molecule has 0 saturated heterocycles. The zero-order valence-electron chi connectivity index (χ0n) is 5.64. The molecule has 0 nitrogen and oxygen atoms in total. The summed E-state index contributed by atoms with van der Waals surface area (Å²) >= 11 is -1.49. The quantitative estimate of drug-likeness (QED) is 0.659. The van der Waals surface area contributed by atoms with E-state index in [-0.39, 0.29) is 0 Å². The Bertz CT molecular complexity index is 166. The molecule has 0 N–H and O–H groups in total. The van der Waals surface area contributed by atoms with Crippen molar-refractivity contribution in [3.63, 3.8) is 0 Å². The Balaban J connectivity index is 4.21. The lowest BCUT2D eigenvalue weighted by atomic mass is 10.7. The second-order valence-corrected chi connectivity index (χ2v) is 3.01. The minimum atomic E-state index is -5.96. The molecule has 0 unspecified atom stereocenters. The predicted molar refractivity (Wildman–Crippen MR) is 29.5 cm³/mol. The van der Waals surface area contributed by atoms with E-state index in [1.54, 1.807) is 0 Å². The van der Waals surface area contributed by atoms with E-state index in [4.69, 9.17) is 0 Å². The second kappa shape index (κ2) is 3.50. The van der Waals surface area contributed by atoms with Gasteiger partial charge in [-0.3, -0.25) is 0 Å². The topological polar surface area (TPSA) is 0 Å². The van der Waals surface area contributed by atoms with Gasteiger partial charge in [0.25, 0.3) is 0 Å². The number of hydrogen-bond donors (Lipinski definition) is 0. The van der Waals surface area contributed by atoms with Gasteiger partial charge >= 0.3 is 17.6 Å². The average molecular weight is 234 g/mol. The molecule has 0 rings (SSSR count). The highest BCUT2D eigenvalue weighted by Gasteiger charge is 2.59. The van der Waals surface area contributed by atoms with Crippen molar-refractivity contribution in [2.75, 3.05) is 5.75 Å². The van der Waals surface area contributed by atoms with Gasteiger partial charge in [-0.2, -0.15) is 35.1 Å². The van der Waals surface area contributed by atoms with E-state index in [9.17, 15) is 35.1 Å². The summed E-state index contributed by atoms with van der Waals surface area (Å²) in [6.07, 6.45) is -11.0. The molecule has 0 radical (unpaired) electrons. The number of halogens is 8. The number of thioether (sulfide) groups is 1. The molecule has 13 heavy (non-hydrogen) atoms. The fourth-order valence-electron chi connectivity index (χ4n) is 0.254. The minimum absolute atomic E-state index is 1.49. The van der Waals surface area contributed by atoms with Crippen LogP contribution >= 0.6 is 11.8 Å². The van der Waals surface area contributed by atoms with Crippen LogP contribution in [0.2, 0.25) is 0 Å². The SMILES string of the molecule is FC(F)(F)CSC(F)(F)C(F)(F)F. The monoisotopic (exact) mass is 234 g/mol. The summed E-state index contributed by atoms with van der Waals surface area (Å²) < 4.78 is 91.2. The van der Waals surface area contributed by atoms with E-state index >= 15 is 0 Å². The molecule has 0 aromatic heterocycles. The van der Waals surface area contributed by atoms with Crippen LogP contribution in [-0.4, -0.2) is 23.4 Å². The van der Waals surface area contributed by atoms with Gasteiger partial charge in [-0.1, -0.05) is 11.8 Å². The zero-order valence-corrected chi connectivity index (χ0v) is 6.46. The van der Waals surface area contributed by atoms with Crippen LogP contribution in [0.15, 0.2) is 0 Å². The summed E-state index contributed by atoms with van der Waals surface area (Å²) in [5, 5.41) is -5.36. The average Bonchev–Trinajstić information content (AvgIpc) is 1.79. The van der Waals surface area contributed by atoms with Gasteiger partial charge in [-0.15, -0.1) is 0 Å². The molecule has 0 aliphatic heterocycles. The highest BCUT2D eigenvalue weighted by molar-refractivity contribution is 8.00. The number of hydrogen-bond acceptors (Lipinski definition) is 1. The van der Waals surface area contributed by atoms with Gasteiger partial charge < -0.3 is 0 Å². The molecule has 0 aliphatic carbocycles. The maximum Gasteiger partial charge on any atom is 0.464 e. The summed E-state index contributed by atoms with van der Waals surface area (Å²) in [4.78, 5) is 0. The predicted octanol–water partition coefficient (Wildman–Crippen LogP) is 3.44. The maximum atomic E-state index is 11.8. The molecule has 0 saturated carbocycles. The molecular formula is C4H2F8S. The van der Waals surface area contributed by atoms with E-state index in [2.05, 4.69) is 0 Å². The fourth-order valence-corrected chi connectivity index (χ4v) is 0.763. The van der Waals surface area contributed by atoms with Crippen molar-refractivity contribution in [2.45, 2.75) is 17.6 Å². The van der Waals surface area contributed by atoms with Crippen molar-refractivity contribution in [2.24, 2.45) is 0 Å². The van der Waals surface area contributed by atoms with E-state index in [1.807, 2.05) is 0 Å². The molecule has 0 aromatic carbocycles. The van der Waals surface area contributed by atoms with Crippen LogP contribution in [0.1, 0.15) is 0 Å². The summed E-state index contributed by atoms with van der Waals surface area (Å²) in [5.74, 6) is -2.24. The molecule has 0 aliphatic rings. The summed E-state index contributed by atoms with van der Waals surface area (Å²) in [6.45, 7) is 0. The van der Waals surface area contributed by atoms with E-state index in [0.29, 0.717) is 0 Å². The highest BCUT2D eigenvalue weighted by atomic mass is 32.2. The van der Waals surface area contributed by atoms with Crippen molar-refractivity contribution < 1.29 is 35.1 Å². The largest absolute Gasteiger partial charge is 0.464 e. The Hall–Kier alpha value is -0.210. The molecular weight excluding hydrogens is 232 g/mol. The zero-order chi connectivity index (χ0) is 10.9. The maximum absolute atomic E-state index is 11.8. The van der Waals surface area contributed by atoms with Crippen LogP contribution in [0, 0.1) is 0 Å². The van der Waals surface area contributed by atoms with E-state index in [0.717, 1.165) is 0 Å². The van der Waals surface area contributed by atoms with Gasteiger partial charge in [-0.25, -0.2) is 0 Å². The van der Waals surface area contributed by atoms with Crippen LogP contribution in [-0.2, 0) is 0 Å². The van der Waals surface area contributed by atoms with Gasteiger partial charge in [0.1, 0.15) is 0 Å². The standard InChI is InChI=1S/C4H2F8S/c5-2(6,7)1-13-4(11,12)3(8,9)10/h1H2. The molecule has 0 atom stereocenters. The fraction of sp³-hybridized carbons (Fsp3) is 1.00. The lowest BCUT2D eigenvalue weighted by Crippen LogP contribution is -2.34. The minimum Gasteiger partial charge on any atom is -0.184 e. The van der Waals surface area contributed by atoms with Gasteiger partial charge in [-0.05, 0) is 0 Å². The van der Waals surface area contributed by atoms with Crippen LogP contribution < -0.4 is 0 Å². The third-order valence-electron chi connectivity index (χ3n) is 0.747. The third-order valence-corrected chi connectivity index (χ3v) is 1.81. The number of rotatable bonds is 2. The number of alkyl halides is 8. The molecule has 0 amide bonds. The van der Waals surface area contributed by atoms with Gasteiger partial charge in [0.2, 0.25) is 0 Å². The molecule has 0 fully saturated rings. The van der Waals surface area contributed by atoms with Crippen molar-refractivity contribution >= 4 is 11.8 Å². The first-order chi connectivity index (χ1) is 5.46. The summed E-state index contributed by atoms with van der Waals surface area (Å²) in [5.41, 5.74) is 0. The van der Waals surface area contributed by atoms with Crippen LogP contribution in [0.5, 0.6) is 0 Å². The van der Waals surface area contributed by atoms with Crippen LogP contribution in [0.25, 0.3) is 0 Å². The Morgan fingerprint density at radius 1 is 0.769 bits per heavy atom. The van der Waals surface area contributed by atoms with Crippen molar-refractivity contribution in [1.82, 2.24) is 0 Å². The Morgan fingerprint density at radius 3 is 1.38 bits per heavy atom. The molecule has 0 spiro atoms. The Morgan fingerprint density at radius 2 is 1.15 bits per heavy atom. The molecule has 9 heteroatoms.